The Morgan fingerprint density at radius 2 is 2.10 bits per heavy atom. The maximum Gasteiger partial charge on any atom is 0.412 e. The van der Waals surface area contributed by atoms with Crippen molar-refractivity contribution in [2.75, 3.05) is 13.1 Å². The van der Waals surface area contributed by atoms with Crippen molar-refractivity contribution in [2.24, 2.45) is 5.92 Å². The van der Waals surface area contributed by atoms with Gasteiger partial charge in [-0.2, -0.15) is 0 Å². The van der Waals surface area contributed by atoms with Crippen LogP contribution in [0.1, 0.15) is 24.8 Å². The fourth-order valence-electron chi connectivity index (χ4n) is 4.12. The van der Waals surface area contributed by atoms with Gasteiger partial charge >= 0.3 is 6.09 Å². The molecule has 2 aliphatic heterocycles. The van der Waals surface area contributed by atoms with Crippen molar-refractivity contribution in [1.82, 2.24) is 15.5 Å². The van der Waals surface area contributed by atoms with Crippen LogP contribution in [-0.2, 0) is 14.4 Å². The molecule has 162 valence electrons. The molecular formula is C22H22ClN3O5. The number of halogens is 1. The van der Waals surface area contributed by atoms with E-state index in [2.05, 4.69) is 10.6 Å². The number of hydrogen-bond donors (Lipinski definition) is 2. The lowest BCUT2D eigenvalue weighted by atomic mass is 9.89. The number of aryl methyl sites for hydroxylation is 1. The quantitative estimate of drug-likeness (QED) is 0.694. The first-order valence-corrected chi connectivity index (χ1v) is 10.5. The summed E-state index contributed by atoms with van der Waals surface area (Å²) in [4.78, 5) is 49.9. The standard InChI is InChI=1S/C22H22ClN3O5/c1-12-8-15(3-5-17(12)23)31-22(30)24-10-13-2-4-16-14(9-13)11-26(21(16)29)18-6-7-19(27)25-20(18)28/h2-5,8,14,18H,6-7,9-11H2,1H3,(H,24,30)(H,25,27,28). The van der Waals surface area contributed by atoms with E-state index in [0.29, 0.717) is 35.7 Å². The van der Waals surface area contributed by atoms with Gasteiger partial charge in [0, 0.05) is 36.0 Å². The van der Waals surface area contributed by atoms with E-state index in [-0.39, 0.29) is 30.7 Å². The van der Waals surface area contributed by atoms with E-state index in [1.807, 2.05) is 13.0 Å². The van der Waals surface area contributed by atoms with E-state index in [1.165, 1.54) is 0 Å². The molecule has 2 N–H and O–H groups in total. The first kappa shape index (κ1) is 21.1. The van der Waals surface area contributed by atoms with Crippen molar-refractivity contribution in [3.63, 3.8) is 0 Å². The van der Waals surface area contributed by atoms with Gasteiger partial charge in [0.25, 0.3) is 5.91 Å². The number of likely N-dealkylation sites (tertiary alicyclic amines) is 1. The number of hydrogen-bond acceptors (Lipinski definition) is 5. The van der Waals surface area contributed by atoms with Gasteiger partial charge < -0.3 is 15.0 Å². The lowest BCUT2D eigenvalue weighted by molar-refractivity contribution is -0.142. The highest BCUT2D eigenvalue weighted by molar-refractivity contribution is 6.31. The van der Waals surface area contributed by atoms with Crippen LogP contribution < -0.4 is 15.4 Å². The van der Waals surface area contributed by atoms with Crippen LogP contribution in [0.3, 0.4) is 0 Å². The van der Waals surface area contributed by atoms with Crippen LogP contribution in [0.15, 0.2) is 41.5 Å². The van der Waals surface area contributed by atoms with Crippen LogP contribution >= 0.6 is 11.6 Å². The minimum Gasteiger partial charge on any atom is -0.410 e. The molecule has 4 amide bonds. The van der Waals surface area contributed by atoms with Crippen LogP contribution in [0.25, 0.3) is 0 Å². The number of amides is 4. The molecule has 2 heterocycles. The van der Waals surface area contributed by atoms with E-state index in [0.717, 1.165) is 11.1 Å². The van der Waals surface area contributed by atoms with E-state index in [4.69, 9.17) is 16.3 Å². The molecule has 2 saturated heterocycles. The summed E-state index contributed by atoms with van der Waals surface area (Å²) >= 11 is 5.98. The number of ether oxygens (including phenoxy) is 1. The van der Waals surface area contributed by atoms with Gasteiger partial charge in [-0.3, -0.25) is 19.7 Å². The highest BCUT2D eigenvalue weighted by Gasteiger charge is 2.43. The Kier molecular flexibility index (Phi) is 5.82. The average molecular weight is 444 g/mol. The zero-order valence-corrected chi connectivity index (χ0v) is 17.7. The second-order valence-corrected chi connectivity index (χ2v) is 8.33. The van der Waals surface area contributed by atoms with E-state index in [1.54, 1.807) is 29.2 Å². The molecule has 9 heteroatoms. The number of rotatable bonds is 4. The van der Waals surface area contributed by atoms with Gasteiger partial charge in [-0.25, -0.2) is 4.79 Å². The molecule has 0 saturated carbocycles. The van der Waals surface area contributed by atoms with Crippen LogP contribution in [0, 0.1) is 12.8 Å². The van der Waals surface area contributed by atoms with E-state index >= 15 is 0 Å². The minimum atomic E-state index is -0.615. The highest BCUT2D eigenvalue weighted by atomic mass is 35.5. The topological polar surface area (TPSA) is 105 Å². The molecular weight excluding hydrogens is 422 g/mol. The van der Waals surface area contributed by atoms with Crippen LogP contribution in [0.2, 0.25) is 5.02 Å². The molecule has 1 aliphatic carbocycles. The van der Waals surface area contributed by atoms with Crippen molar-refractivity contribution in [2.45, 2.75) is 32.2 Å². The molecule has 31 heavy (non-hydrogen) atoms. The number of piperidine rings is 1. The van der Waals surface area contributed by atoms with Crippen molar-refractivity contribution in [3.05, 3.63) is 52.1 Å². The summed E-state index contributed by atoms with van der Waals surface area (Å²) in [6, 6.07) is 4.36. The lowest BCUT2D eigenvalue weighted by Gasteiger charge is -2.29. The molecule has 0 radical (unpaired) electrons. The summed E-state index contributed by atoms with van der Waals surface area (Å²) in [6.45, 7) is 2.53. The van der Waals surface area contributed by atoms with Gasteiger partial charge in [0.1, 0.15) is 11.8 Å². The molecule has 1 aromatic carbocycles. The van der Waals surface area contributed by atoms with Gasteiger partial charge in [0.15, 0.2) is 0 Å². The summed E-state index contributed by atoms with van der Waals surface area (Å²) in [6.07, 6.45) is 4.17. The maximum absolute atomic E-state index is 12.8. The molecule has 4 rings (SSSR count). The number of carbonyl (C=O) groups is 4. The van der Waals surface area contributed by atoms with Gasteiger partial charge in [-0.15, -0.1) is 0 Å². The zero-order chi connectivity index (χ0) is 22.1. The van der Waals surface area contributed by atoms with Crippen molar-refractivity contribution < 1.29 is 23.9 Å². The fraction of sp³-hybridized carbons (Fsp3) is 0.364. The van der Waals surface area contributed by atoms with Gasteiger partial charge in [0.05, 0.1) is 0 Å². The maximum atomic E-state index is 12.8. The third kappa shape index (κ3) is 4.49. The monoisotopic (exact) mass is 443 g/mol. The van der Waals surface area contributed by atoms with Gasteiger partial charge in [-0.1, -0.05) is 29.3 Å². The zero-order valence-electron chi connectivity index (χ0n) is 16.9. The molecule has 3 aliphatic rings. The number of nitrogens with zero attached hydrogens (tertiary/aromatic N) is 1. The number of nitrogens with one attached hydrogen (secondary N) is 2. The Morgan fingerprint density at radius 3 is 2.84 bits per heavy atom. The largest absolute Gasteiger partial charge is 0.412 e. The Morgan fingerprint density at radius 1 is 1.29 bits per heavy atom. The SMILES string of the molecule is Cc1cc(OC(=O)NCC2=CC=C3C(=O)N(C4CCC(=O)NC4=O)CC3C2)ccc1Cl. The number of carbonyl (C=O) groups excluding carboxylic acids is 4. The summed E-state index contributed by atoms with van der Waals surface area (Å²) in [7, 11) is 0. The molecule has 8 nitrogen and oxygen atoms in total. The second kappa shape index (κ2) is 8.55. The predicted octanol–water partition coefficient (Wildman–Crippen LogP) is 2.26. The Balaban J connectivity index is 1.32. The average Bonchev–Trinajstić information content (AvgIpc) is 3.05. The number of imide groups is 1. The first-order valence-electron chi connectivity index (χ1n) is 10.1. The smallest absolute Gasteiger partial charge is 0.410 e. The minimum absolute atomic E-state index is 0.0466. The summed E-state index contributed by atoms with van der Waals surface area (Å²) in [5.74, 6) is -0.533. The Labute approximate surface area is 184 Å². The fourth-order valence-corrected chi connectivity index (χ4v) is 4.24. The lowest BCUT2D eigenvalue weighted by Crippen LogP contribution is -2.53. The van der Waals surface area contributed by atoms with Gasteiger partial charge in [-0.05, 0) is 43.5 Å². The summed E-state index contributed by atoms with van der Waals surface area (Å²) < 4.78 is 5.28. The number of allylic oxidation sites excluding steroid dienone is 2. The molecule has 2 unspecified atom stereocenters. The van der Waals surface area contributed by atoms with Crippen molar-refractivity contribution in [3.8, 4) is 5.75 Å². The third-order valence-electron chi connectivity index (χ3n) is 5.76. The van der Waals surface area contributed by atoms with E-state index < -0.39 is 18.0 Å². The molecule has 2 fully saturated rings. The molecule has 1 aromatic rings. The van der Waals surface area contributed by atoms with Crippen molar-refractivity contribution in [1.29, 1.82) is 0 Å². The van der Waals surface area contributed by atoms with Crippen molar-refractivity contribution >= 4 is 35.4 Å². The molecule has 0 spiro atoms. The number of benzene rings is 1. The van der Waals surface area contributed by atoms with Crippen LogP contribution in [0.4, 0.5) is 4.79 Å². The van der Waals surface area contributed by atoms with Crippen LogP contribution in [-0.4, -0.2) is 47.8 Å². The van der Waals surface area contributed by atoms with Crippen LogP contribution in [0.5, 0.6) is 5.75 Å². The molecule has 2 atom stereocenters. The summed E-state index contributed by atoms with van der Waals surface area (Å²) in [5, 5.41) is 5.62. The summed E-state index contributed by atoms with van der Waals surface area (Å²) in [5.41, 5.74) is 2.43. The van der Waals surface area contributed by atoms with E-state index in [9.17, 15) is 19.2 Å². The first-order chi connectivity index (χ1) is 14.8. The van der Waals surface area contributed by atoms with Gasteiger partial charge in [0.2, 0.25) is 11.8 Å². The second-order valence-electron chi connectivity index (χ2n) is 7.93. The number of fused-ring (bicyclic) bond motifs is 1. The molecule has 0 aromatic heterocycles. The molecule has 0 bridgehead atoms. The Hall–Kier alpha value is -3.13. The normalized spacial score (nSPS) is 23.0. The third-order valence-corrected chi connectivity index (χ3v) is 6.18. The Bertz CT molecular complexity index is 1030. The highest BCUT2D eigenvalue weighted by Crippen LogP contribution is 2.35. The predicted molar refractivity (Wildman–Crippen MR) is 112 cm³/mol.